The number of carbonyl (C=O) groups is 1. The Morgan fingerprint density at radius 1 is 1.28 bits per heavy atom. The third-order valence-corrected chi connectivity index (χ3v) is 3.79. The summed E-state index contributed by atoms with van der Waals surface area (Å²) >= 11 is 0. The second-order valence-electron chi connectivity index (χ2n) is 5.12. The number of ether oxygens (including phenoxy) is 1. The normalized spacial score (nSPS) is 26.1. The number of hydrogen-bond donors (Lipinski definition) is 1. The molecule has 0 radical (unpaired) electrons. The maximum absolute atomic E-state index is 11.9. The van der Waals surface area contributed by atoms with Gasteiger partial charge in [-0.25, -0.2) is 4.79 Å². The zero-order valence-electron chi connectivity index (χ0n) is 11.4. The summed E-state index contributed by atoms with van der Waals surface area (Å²) in [7, 11) is 0. The quantitative estimate of drug-likeness (QED) is 0.815. The maximum atomic E-state index is 11.9. The Morgan fingerprint density at radius 3 is 2.78 bits per heavy atom. The van der Waals surface area contributed by atoms with Gasteiger partial charge in [0, 0.05) is 32.7 Å². The van der Waals surface area contributed by atoms with Gasteiger partial charge in [0.1, 0.15) is 0 Å². The van der Waals surface area contributed by atoms with Gasteiger partial charge in [-0.15, -0.1) is 0 Å². The zero-order chi connectivity index (χ0) is 12.8. The van der Waals surface area contributed by atoms with E-state index >= 15 is 0 Å². The lowest BCUT2D eigenvalue weighted by atomic mass is 10.1. The van der Waals surface area contributed by atoms with E-state index in [9.17, 15) is 4.79 Å². The Bertz CT molecular complexity index is 267. The average molecular weight is 255 g/mol. The number of likely N-dealkylation sites (N-methyl/N-ethyl adjacent to an activating group) is 1. The molecular formula is C13H25N3O2. The van der Waals surface area contributed by atoms with Crippen LogP contribution >= 0.6 is 0 Å². The van der Waals surface area contributed by atoms with Crippen molar-refractivity contribution in [2.24, 2.45) is 0 Å². The fourth-order valence-electron chi connectivity index (χ4n) is 2.60. The van der Waals surface area contributed by atoms with Gasteiger partial charge in [-0.2, -0.15) is 0 Å². The lowest BCUT2D eigenvalue weighted by Gasteiger charge is -2.33. The molecule has 2 saturated heterocycles. The van der Waals surface area contributed by atoms with Gasteiger partial charge in [0.05, 0.1) is 12.7 Å². The van der Waals surface area contributed by atoms with Crippen LogP contribution in [0.5, 0.6) is 0 Å². The maximum Gasteiger partial charge on any atom is 0.317 e. The number of hydrogen-bond acceptors (Lipinski definition) is 3. The van der Waals surface area contributed by atoms with Crippen LogP contribution in [0, 0.1) is 0 Å². The molecule has 0 bridgehead atoms. The Hall–Kier alpha value is -0.810. The highest BCUT2D eigenvalue weighted by atomic mass is 16.5. The molecule has 2 amide bonds. The third kappa shape index (κ3) is 3.85. The van der Waals surface area contributed by atoms with E-state index in [1.165, 1.54) is 6.42 Å². The molecule has 2 aliphatic rings. The van der Waals surface area contributed by atoms with Gasteiger partial charge in [0.15, 0.2) is 0 Å². The Balaban J connectivity index is 1.68. The van der Waals surface area contributed by atoms with Crippen LogP contribution in [0.1, 0.15) is 26.2 Å². The molecule has 0 aliphatic carbocycles. The summed E-state index contributed by atoms with van der Waals surface area (Å²) in [5.41, 5.74) is 0. The number of rotatable bonds is 3. The molecule has 2 fully saturated rings. The minimum absolute atomic E-state index is 0.0759. The molecule has 2 rings (SSSR count). The first-order valence-electron chi connectivity index (χ1n) is 7.16. The molecule has 2 heterocycles. The molecule has 18 heavy (non-hydrogen) atoms. The molecule has 0 saturated carbocycles. The zero-order valence-corrected chi connectivity index (χ0v) is 11.4. The number of likely N-dealkylation sites (tertiary alicyclic amines) is 1. The van der Waals surface area contributed by atoms with E-state index in [1.807, 2.05) is 4.90 Å². The molecule has 0 aromatic heterocycles. The second-order valence-corrected chi connectivity index (χ2v) is 5.12. The summed E-state index contributed by atoms with van der Waals surface area (Å²) in [6.45, 7) is 8.36. The van der Waals surface area contributed by atoms with Gasteiger partial charge in [0.25, 0.3) is 0 Å². The van der Waals surface area contributed by atoms with Crippen molar-refractivity contribution < 1.29 is 9.53 Å². The van der Waals surface area contributed by atoms with Crippen LogP contribution in [0.2, 0.25) is 0 Å². The Morgan fingerprint density at radius 2 is 2.06 bits per heavy atom. The molecule has 0 aromatic rings. The summed E-state index contributed by atoms with van der Waals surface area (Å²) in [5, 5.41) is 3.00. The van der Waals surface area contributed by atoms with Crippen LogP contribution < -0.4 is 5.32 Å². The molecule has 104 valence electrons. The lowest BCUT2D eigenvalue weighted by molar-refractivity contribution is -0.0244. The standard InChI is InChI=1S/C13H25N3O2/c1-2-15-8-9-18-12(11-15)10-14-13(17)16-6-4-3-5-7-16/h12H,2-11H2,1H3,(H,14,17). The van der Waals surface area contributed by atoms with Crippen LogP contribution in [-0.4, -0.2) is 67.8 Å². The van der Waals surface area contributed by atoms with Gasteiger partial charge in [0.2, 0.25) is 0 Å². The highest BCUT2D eigenvalue weighted by molar-refractivity contribution is 5.74. The van der Waals surface area contributed by atoms with E-state index in [1.54, 1.807) is 0 Å². The van der Waals surface area contributed by atoms with E-state index in [2.05, 4.69) is 17.1 Å². The number of urea groups is 1. The predicted octanol–water partition coefficient (Wildman–Crippen LogP) is 0.903. The highest BCUT2D eigenvalue weighted by Gasteiger charge is 2.21. The van der Waals surface area contributed by atoms with Crippen molar-refractivity contribution >= 4 is 6.03 Å². The van der Waals surface area contributed by atoms with Gasteiger partial charge in [-0.05, 0) is 25.8 Å². The minimum atomic E-state index is 0.0759. The van der Waals surface area contributed by atoms with Crippen molar-refractivity contribution in [3.05, 3.63) is 0 Å². The van der Waals surface area contributed by atoms with Crippen LogP contribution in [-0.2, 0) is 4.74 Å². The van der Waals surface area contributed by atoms with Crippen LogP contribution in [0.4, 0.5) is 4.79 Å². The third-order valence-electron chi connectivity index (χ3n) is 3.79. The second kappa shape index (κ2) is 6.95. The summed E-state index contributed by atoms with van der Waals surface area (Å²) in [6, 6.07) is 0.0759. The molecule has 0 spiro atoms. The molecule has 1 atom stereocenters. The summed E-state index contributed by atoms with van der Waals surface area (Å²) in [5.74, 6) is 0. The molecule has 1 N–H and O–H groups in total. The van der Waals surface area contributed by atoms with Gasteiger partial charge < -0.3 is 15.0 Å². The molecule has 1 unspecified atom stereocenters. The Labute approximate surface area is 109 Å². The van der Waals surface area contributed by atoms with Crippen molar-refractivity contribution in [1.29, 1.82) is 0 Å². The first-order chi connectivity index (χ1) is 8.79. The first kappa shape index (κ1) is 13.6. The average Bonchev–Trinajstić information content (AvgIpc) is 2.46. The van der Waals surface area contributed by atoms with Crippen molar-refractivity contribution in [1.82, 2.24) is 15.1 Å². The molecule has 2 aliphatic heterocycles. The minimum Gasteiger partial charge on any atom is -0.374 e. The van der Waals surface area contributed by atoms with Crippen LogP contribution in [0.25, 0.3) is 0 Å². The SMILES string of the molecule is CCN1CCOC(CNC(=O)N2CCCCC2)C1. The first-order valence-corrected chi connectivity index (χ1v) is 7.16. The van der Waals surface area contributed by atoms with E-state index < -0.39 is 0 Å². The highest BCUT2D eigenvalue weighted by Crippen LogP contribution is 2.09. The van der Waals surface area contributed by atoms with E-state index in [0.29, 0.717) is 6.54 Å². The number of nitrogens with one attached hydrogen (secondary N) is 1. The number of morpholine rings is 1. The van der Waals surface area contributed by atoms with Gasteiger partial charge >= 0.3 is 6.03 Å². The van der Waals surface area contributed by atoms with E-state index in [4.69, 9.17) is 4.74 Å². The number of amides is 2. The number of piperidine rings is 1. The fourth-order valence-corrected chi connectivity index (χ4v) is 2.60. The molecule has 5 heteroatoms. The number of nitrogens with zero attached hydrogens (tertiary/aromatic N) is 2. The van der Waals surface area contributed by atoms with Crippen molar-refractivity contribution in [3.8, 4) is 0 Å². The summed E-state index contributed by atoms with van der Waals surface area (Å²) in [4.78, 5) is 16.2. The van der Waals surface area contributed by atoms with Crippen LogP contribution in [0.15, 0.2) is 0 Å². The topological polar surface area (TPSA) is 44.8 Å². The molecule has 0 aromatic carbocycles. The Kier molecular flexibility index (Phi) is 5.26. The van der Waals surface area contributed by atoms with Gasteiger partial charge in [-0.1, -0.05) is 6.92 Å². The predicted molar refractivity (Wildman–Crippen MR) is 70.7 cm³/mol. The molecular weight excluding hydrogens is 230 g/mol. The summed E-state index contributed by atoms with van der Waals surface area (Å²) in [6.07, 6.45) is 3.67. The van der Waals surface area contributed by atoms with Crippen molar-refractivity contribution in [2.45, 2.75) is 32.3 Å². The van der Waals surface area contributed by atoms with E-state index in [0.717, 1.165) is 52.2 Å². The van der Waals surface area contributed by atoms with Gasteiger partial charge in [-0.3, -0.25) is 4.90 Å². The monoisotopic (exact) mass is 255 g/mol. The largest absolute Gasteiger partial charge is 0.374 e. The lowest BCUT2D eigenvalue weighted by Crippen LogP contribution is -2.50. The van der Waals surface area contributed by atoms with Crippen molar-refractivity contribution in [3.63, 3.8) is 0 Å². The number of carbonyl (C=O) groups excluding carboxylic acids is 1. The van der Waals surface area contributed by atoms with E-state index in [-0.39, 0.29) is 12.1 Å². The summed E-state index contributed by atoms with van der Waals surface area (Å²) < 4.78 is 5.67. The fraction of sp³-hybridized carbons (Fsp3) is 0.923. The van der Waals surface area contributed by atoms with Crippen LogP contribution in [0.3, 0.4) is 0 Å². The molecule has 5 nitrogen and oxygen atoms in total. The smallest absolute Gasteiger partial charge is 0.317 e. The van der Waals surface area contributed by atoms with Crippen molar-refractivity contribution in [2.75, 3.05) is 45.9 Å².